The summed E-state index contributed by atoms with van der Waals surface area (Å²) in [6, 6.07) is 2.10. The summed E-state index contributed by atoms with van der Waals surface area (Å²) in [7, 11) is 0. The van der Waals surface area contributed by atoms with E-state index in [1.807, 2.05) is 12.4 Å². The maximum atomic E-state index is 4.12. The van der Waals surface area contributed by atoms with E-state index in [1.54, 1.807) is 0 Å². The van der Waals surface area contributed by atoms with Crippen molar-refractivity contribution in [3.63, 3.8) is 0 Å². The van der Waals surface area contributed by atoms with Crippen molar-refractivity contribution < 1.29 is 0 Å². The van der Waals surface area contributed by atoms with Crippen LogP contribution in [0.2, 0.25) is 0 Å². The number of hydrogen-bond acceptors (Lipinski definition) is 2. The Morgan fingerprint density at radius 2 is 2.12 bits per heavy atom. The Bertz CT molecular complexity index is 363. The van der Waals surface area contributed by atoms with Crippen molar-refractivity contribution in [2.45, 2.75) is 33.1 Å². The van der Waals surface area contributed by atoms with Gasteiger partial charge < -0.3 is 4.90 Å². The van der Waals surface area contributed by atoms with Crippen LogP contribution in [0.3, 0.4) is 0 Å². The van der Waals surface area contributed by atoms with Crippen molar-refractivity contribution in [3.8, 4) is 0 Å². The Hall–Kier alpha value is -0.570. The topological polar surface area (TPSA) is 16.1 Å². The van der Waals surface area contributed by atoms with Crippen LogP contribution in [0.15, 0.2) is 22.9 Å². The zero-order valence-electron chi connectivity index (χ0n) is 10.0. The maximum Gasteiger partial charge on any atom is 0.0592 e. The fourth-order valence-corrected chi connectivity index (χ4v) is 2.79. The first-order chi connectivity index (χ1) is 7.58. The minimum atomic E-state index is 0.494. The number of pyridine rings is 1. The summed E-state index contributed by atoms with van der Waals surface area (Å²) < 4.78 is 1.11. The molecule has 1 aromatic heterocycles. The van der Waals surface area contributed by atoms with Crippen molar-refractivity contribution in [1.82, 2.24) is 4.98 Å². The van der Waals surface area contributed by atoms with Gasteiger partial charge in [-0.15, -0.1) is 0 Å². The standard InChI is InChI=1S/C13H19BrN2/c1-13(2)5-3-8-16(9-6-13)12-4-7-15-10-11(12)14/h4,7,10H,3,5-6,8-9H2,1-2H3. The summed E-state index contributed by atoms with van der Waals surface area (Å²) in [6.45, 7) is 7.05. The van der Waals surface area contributed by atoms with Gasteiger partial charge in [0.2, 0.25) is 0 Å². The van der Waals surface area contributed by atoms with Gasteiger partial charge in [-0.1, -0.05) is 13.8 Å². The number of halogens is 1. The average molecular weight is 283 g/mol. The highest BCUT2D eigenvalue weighted by molar-refractivity contribution is 9.10. The van der Waals surface area contributed by atoms with Crippen LogP contribution in [-0.2, 0) is 0 Å². The van der Waals surface area contributed by atoms with E-state index in [2.05, 4.69) is 45.7 Å². The molecule has 16 heavy (non-hydrogen) atoms. The van der Waals surface area contributed by atoms with E-state index in [0.717, 1.165) is 17.6 Å². The van der Waals surface area contributed by atoms with Crippen LogP contribution >= 0.6 is 15.9 Å². The van der Waals surface area contributed by atoms with Crippen LogP contribution in [0.1, 0.15) is 33.1 Å². The molecule has 0 saturated carbocycles. The summed E-state index contributed by atoms with van der Waals surface area (Å²) in [5.74, 6) is 0. The van der Waals surface area contributed by atoms with E-state index in [4.69, 9.17) is 0 Å². The molecule has 3 heteroatoms. The number of anilines is 1. The lowest BCUT2D eigenvalue weighted by atomic mass is 9.85. The van der Waals surface area contributed by atoms with Gasteiger partial charge in [-0.2, -0.15) is 0 Å². The van der Waals surface area contributed by atoms with E-state index in [9.17, 15) is 0 Å². The smallest absolute Gasteiger partial charge is 0.0592 e. The first kappa shape index (κ1) is 11.9. The third-order valence-electron chi connectivity index (χ3n) is 3.43. The molecule has 88 valence electrons. The van der Waals surface area contributed by atoms with Gasteiger partial charge in [0, 0.05) is 25.5 Å². The molecule has 0 aliphatic carbocycles. The van der Waals surface area contributed by atoms with Gasteiger partial charge in [0.15, 0.2) is 0 Å². The first-order valence-electron chi connectivity index (χ1n) is 5.93. The monoisotopic (exact) mass is 282 g/mol. The zero-order valence-corrected chi connectivity index (χ0v) is 11.6. The van der Waals surface area contributed by atoms with Crippen LogP contribution in [0.4, 0.5) is 5.69 Å². The SMILES string of the molecule is CC1(C)CCCN(c2ccncc2Br)CC1. The second-order valence-electron chi connectivity index (χ2n) is 5.33. The molecule has 2 heterocycles. The molecule has 0 unspecified atom stereocenters. The largest absolute Gasteiger partial charge is 0.371 e. The molecule has 0 amide bonds. The molecule has 1 saturated heterocycles. The van der Waals surface area contributed by atoms with Gasteiger partial charge in [0.05, 0.1) is 10.2 Å². The van der Waals surface area contributed by atoms with Crippen molar-refractivity contribution in [2.75, 3.05) is 18.0 Å². The molecule has 1 aliphatic heterocycles. The summed E-state index contributed by atoms with van der Waals surface area (Å²) in [5, 5.41) is 0. The van der Waals surface area contributed by atoms with Crippen molar-refractivity contribution in [3.05, 3.63) is 22.9 Å². The first-order valence-corrected chi connectivity index (χ1v) is 6.72. The summed E-state index contributed by atoms with van der Waals surface area (Å²) in [6.07, 6.45) is 7.62. The predicted molar refractivity (Wildman–Crippen MR) is 71.8 cm³/mol. The Labute approximate surface area is 106 Å². The van der Waals surface area contributed by atoms with Crippen molar-refractivity contribution in [2.24, 2.45) is 5.41 Å². The van der Waals surface area contributed by atoms with E-state index >= 15 is 0 Å². The van der Waals surface area contributed by atoms with Gasteiger partial charge in [0.1, 0.15) is 0 Å². The Morgan fingerprint density at radius 3 is 2.88 bits per heavy atom. The number of nitrogens with zero attached hydrogens (tertiary/aromatic N) is 2. The number of rotatable bonds is 1. The van der Waals surface area contributed by atoms with Gasteiger partial charge >= 0.3 is 0 Å². The third kappa shape index (κ3) is 2.76. The van der Waals surface area contributed by atoms with Crippen LogP contribution in [-0.4, -0.2) is 18.1 Å². The second-order valence-corrected chi connectivity index (χ2v) is 6.19. The summed E-state index contributed by atoms with van der Waals surface area (Å²) in [4.78, 5) is 6.59. The van der Waals surface area contributed by atoms with Gasteiger partial charge in [-0.05, 0) is 46.7 Å². The van der Waals surface area contributed by atoms with Gasteiger partial charge in [-0.3, -0.25) is 4.98 Å². The van der Waals surface area contributed by atoms with Crippen LogP contribution < -0.4 is 4.90 Å². The molecule has 2 nitrogen and oxygen atoms in total. The summed E-state index contributed by atoms with van der Waals surface area (Å²) >= 11 is 3.58. The molecule has 0 radical (unpaired) electrons. The van der Waals surface area contributed by atoms with E-state index < -0.39 is 0 Å². The quantitative estimate of drug-likeness (QED) is 0.778. The lowest BCUT2D eigenvalue weighted by molar-refractivity contribution is 0.325. The molecule has 0 atom stereocenters. The summed E-state index contributed by atoms with van der Waals surface area (Å²) in [5.41, 5.74) is 1.78. The normalized spacial score (nSPS) is 20.6. The minimum Gasteiger partial charge on any atom is -0.371 e. The molecule has 0 aromatic carbocycles. The Balaban J connectivity index is 2.14. The number of hydrogen-bond donors (Lipinski definition) is 0. The maximum absolute atomic E-state index is 4.12. The molecule has 1 aliphatic rings. The van der Waals surface area contributed by atoms with E-state index in [-0.39, 0.29) is 0 Å². The van der Waals surface area contributed by atoms with Crippen LogP contribution in [0, 0.1) is 5.41 Å². The number of aromatic nitrogens is 1. The van der Waals surface area contributed by atoms with Gasteiger partial charge in [0.25, 0.3) is 0 Å². The Kier molecular flexibility index (Phi) is 3.53. The fraction of sp³-hybridized carbons (Fsp3) is 0.615. The molecule has 1 aromatic rings. The fourth-order valence-electron chi connectivity index (χ4n) is 2.29. The molecule has 0 N–H and O–H groups in total. The molecule has 2 rings (SSSR count). The second kappa shape index (κ2) is 4.74. The molecular weight excluding hydrogens is 264 g/mol. The van der Waals surface area contributed by atoms with Crippen molar-refractivity contribution in [1.29, 1.82) is 0 Å². The molecular formula is C13H19BrN2. The lowest BCUT2D eigenvalue weighted by Crippen LogP contribution is -2.25. The highest BCUT2D eigenvalue weighted by Gasteiger charge is 2.23. The Morgan fingerprint density at radius 1 is 1.31 bits per heavy atom. The van der Waals surface area contributed by atoms with Gasteiger partial charge in [-0.25, -0.2) is 0 Å². The highest BCUT2D eigenvalue weighted by Crippen LogP contribution is 2.33. The van der Waals surface area contributed by atoms with Crippen molar-refractivity contribution >= 4 is 21.6 Å². The minimum absolute atomic E-state index is 0.494. The lowest BCUT2D eigenvalue weighted by Gasteiger charge is -2.25. The van der Waals surface area contributed by atoms with E-state index in [0.29, 0.717) is 5.41 Å². The average Bonchev–Trinajstić information content (AvgIpc) is 2.40. The zero-order chi connectivity index (χ0) is 11.6. The van der Waals surface area contributed by atoms with Crippen LogP contribution in [0.25, 0.3) is 0 Å². The molecule has 1 fully saturated rings. The predicted octanol–water partition coefficient (Wildman–Crippen LogP) is 3.86. The molecule has 0 bridgehead atoms. The third-order valence-corrected chi connectivity index (χ3v) is 4.04. The van der Waals surface area contributed by atoms with Crippen LogP contribution in [0.5, 0.6) is 0 Å². The molecule has 0 spiro atoms. The van der Waals surface area contributed by atoms with E-state index in [1.165, 1.54) is 24.9 Å². The highest BCUT2D eigenvalue weighted by atomic mass is 79.9.